The third kappa shape index (κ3) is 2.47. The van der Waals surface area contributed by atoms with Gasteiger partial charge in [-0.05, 0) is 50.9 Å². The van der Waals surface area contributed by atoms with E-state index >= 15 is 4.79 Å². The fourth-order valence-electron chi connectivity index (χ4n) is 11.6. The number of esters is 1. The van der Waals surface area contributed by atoms with Crippen molar-refractivity contribution in [2.24, 2.45) is 45.8 Å². The number of hydrogen-bond acceptors (Lipinski definition) is 8. The number of ether oxygens (including phenoxy) is 3. The number of hydrogen-bond donors (Lipinski definition) is 0. The molecular weight excluding hydrogens is 486 g/mol. The molecule has 5 heterocycles. The van der Waals surface area contributed by atoms with Gasteiger partial charge in [-0.25, -0.2) is 0 Å². The number of ketones is 3. The third-order valence-electron chi connectivity index (χ3n) is 13.1. The van der Waals surface area contributed by atoms with E-state index < -0.39 is 51.4 Å². The molecule has 8 fully saturated rings. The molecule has 5 aliphatic heterocycles. The first-order chi connectivity index (χ1) is 17.9. The molecule has 0 aromatic rings. The molecule has 4 bridgehead atoms. The van der Waals surface area contributed by atoms with Crippen molar-refractivity contribution in [3.8, 4) is 0 Å². The van der Waals surface area contributed by atoms with Gasteiger partial charge in [0.05, 0.1) is 42.8 Å². The summed E-state index contributed by atoms with van der Waals surface area (Å²) in [4.78, 5) is 58.8. The van der Waals surface area contributed by atoms with Gasteiger partial charge >= 0.3 is 5.97 Å². The Morgan fingerprint density at radius 1 is 0.974 bits per heavy atom. The summed E-state index contributed by atoms with van der Waals surface area (Å²) in [7, 11) is 0. The zero-order valence-electron chi connectivity index (χ0n) is 22.9. The maximum Gasteiger partial charge on any atom is 0.306 e. The van der Waals surface area contributed by atoms with Crippen molar-refractivity contribution in [2.75, 3.05) is 19.8 Å². The number of carbonyl (C=O) groups excluding carboxylic acids is 4. The van der Waals surface area contributed by atoms with E-state index in [1.54, 1.807) is 0 Å². The third-order valence-corrected chi connectivity index (χ3v) is 13.1. The van der Waals surface area contributed by atoms with Crippen molar-refractivity contribution in [3.05, 3.63) is 0 Å². The summed E-state index contributed by atoms with van der Waals surface area (Å²) in [6.07, 6.45) is 4.47. The molecule has 3 spiro atoms. The Kier molecular flexibility index (Phi) is 4.44. The number of rotatable bonds is 0. The minimum absolute atomic E-state index is 0.0367. The van der Waals surface area contributed by atoms with Crippen LogP contribution < -0.4 is 0 Å². The molecule has 0 aromatic carbocycles. The van der Waals surface area contributed by atoms with Gasteiger partial charge in [0.2, 0.25) is 0 Å². The van der Waals surface area contributed by atoms with Crippen LogP contribution in [-0.4, -0.2) is 71.4 Å². The first kappa shape index (κ1) is 24.2. The second-order valence-electron chi connectivity index (χ2n) is 14.9. The highest BCUT2D eigenvalue weighted by Gasteiger charge is 2.82. The van der Waals surface area contributed by atoms with Gasteiger partial charge in [-0.3, -0.25) is 24.1 Å². The quantitative estimate of drug-likeness (QED) is 0.445. The van der Waals surface area contributed by atoms with Crippen LogP contribution in [0.3, 0.4) is 0 Å². The lowest BCUT2D eigenvalue weighted by molar-refractivity contribution is -0.279. The largest absolute Gasteiger partial charge is 0.465 e. The molecular formula is C30H39NO7. The molecule has 3 aliphatic carbocycles. The SMILES string of the molecule is C[C@H]1C[C@@H]2CN3[C@H]4C(=O)[C@@]56CO[C@]7(C)CC(=O)[C@@H]([C@H]5C7)[C@@H](C)C(=O)[C@@H]6[C@@]5(COC(=O)C5)[C@]4(C)CC[C@@]3(C1)O2. The Balaban J connectivity index is 1.37. The fraction of sp³-hybridized carbons (Fsp3) is 0.867. The summed E-state index contributed by atoms with van der Waals surface area (Å²) in [6, 6.07) is -0.496. The Hall–Kier alpha value is -1.64. The molecule has 12 atom stereocenters. The lowest BCUT2D eigenvalue weighted by Gasteiger charge is -2.72. The monoisotopic (exact) mass is 525 g/mol. The zero-order valence-corrected chi connectivity index (χ0v) is 22.9. The van der Waals surface area contributed by atoms with Crippen molar-refractivity contribution in [3.63, 3.8) is 0 Å². The molecule has 8 heteroatoms. The number of fused-ring (bicyclic) bond motifs is 6. The van der Waals surface area contributed by atoms with Gasteiger partial charge in [0.25, 0.3) is 0 Å². The van der Waals surface area contributed by atoms with Crippen molar-refractivity contribution >= 4 is 23.3 Å². The standard InChI is InChI=1S/C30H39NO7/c1-15-7-17-12-31-24-25(35)30-14-37-26(3)9-18(30)21(19(32)10-26)16(2)22(34)23(30)28(11-20(33)36-13-28)27(24,4)5-6-29(31,8-15)38-17/h15-18,21,23-24H,5-14H2,1-4H3/t15-,16+,17+,18+,21+,23+,24-,26-,27+,28+,29-,30-/m0/s1. The summed E-state index contributed by atoms with van der Waals surface area (Å²) in [6.45, 7) is 9.27. The molecule has 206 valence electrons. The van der Waals surface area contributed by atoms with Gasteiger partial charge in [-0.1, -0.05) is 20.8 Å². The molecule has 0 aromatic heterocycles. The number of piperidine rings is 1. The van der Waals surface area contributed by atoms with Gasteiger partial charge < -0.3 is 14.2 Å². The van der Waals surface area contributed by atoms with Gasteiger partial charge in [0.15, 0.2) is 5.78 Å². The van der Waals surface area contributed by atoms with E-state index in [9.17, 15) is 14.4 Å². The minimum atomic E-state index is -1.12. The average Bonchev–Trinajstić information content (AvgIpc) is 3.36. The van der Waals surface area contributed by atoms with Crippen LogP contribution in [0, 0.1) is 45.8 Å². The predicted molar refractivity (Wildman–Crippen MR) is 133 cm³/mol. The van der Waals surface area contributed by atoms with Gasteiger partial charge in [-0.2, -0.15) is 0 Å². The lowest BCUT2D eigenvalue weighted by atomic mass is 9.33. The molecule has 0 amide bonds. The second kappa shape index (κ2) is 6.98. The first-order valence-electron chi connectivity index (χ1n) is 14.7. The van der Waals surface area contributed by atoms with Gasteiger partial charge in [0.1, 0.15) is 17.3 Å². The Labute approximate surface area is 223 Å². The maximum atomic E-state index is 15.4. The Bertz CT molecular complexity index is 1200. The van der Waals surface area contributed by atoms with E-state index in [1.807, 2.05) is 13.8 Å². The number of carbonyl (C=O) groups is 4. The molecule has 8 nitrogen and oxygen atoms in total. The molecule has 0 N–H and O–H groups in total. The highest BCUT2D eigenvalue weighted by atomic mass is 16.5. The van der Waals surface area contributed by atoms with Gasteiger partial charge in [-0.15, -0.1) is 0 Å². The summed E-state index contributed by atoms with van der Waals surface area (Å²) in [5.41, 5.74) is -3.64. The van der Waals surface area contributed by atoms with Crippen LogP contribution in [-0.2, 0) is 33.4 Å². The summed E-state index contributed by atoms with van der Waals surface area (Å²) >= 11 is 0. The Morgan fingerprint density at radius 2 is 1.76 bits per heavy atom. The van der Waals surface area contributed by atoms with E-state index in [0.717, 1.165) is 19.3 Å². The highest BCUT2D eigenvalue weighted by Crippen LogP contribution is 2.74. The van der Waals surface area contributed by atoms with E-state index in [0.29, 0.717) is 25.3 Å². The van der Waals surface area contributed by atoms with Crippen molar-refractivity contribution in [1.29, 1.82) is 0 Å². The van der Waals surface area contributed by atoms with Crippen LogP contribution in [0.4, 0.5) is 0 Å². The van der Waals surface area contributed by atoms with Crippen molar-refractivity contribution in [2.45, 2.75) is 96.1 Å². The molecule has 38 heavy (non-hydrogen) atoms. The fourth-order valence-corrected chi connectivity index (χ4v) is 11.6. The van der Waals surface area contributed by atoms with Crippen molar-refractivity contribution in [1.82, 2.24) is 4.90 Å². The first-order valence-corrected chi connectivity index (χ1v) is 14.7. The van der Waals surface area contributed by atoms with Crippen LogP contribution in [0.2, 0.25) is 0 Å². The molecule has 0 unspecified atom stereocenters. The second-order valence-corrected chi connectivity index (χ2v) is 14.9. The molecule has 5 saturated heterocycles. The smallest absolute Gasteiger partial charge is 0.306 e. The average molecular weight is 526 g/mol. The molecule has 8 aliphatic rings. The number of cyclic esters (lactones) is 1. The highest BCUT2D eigenvalue weighted by molar-refractivity contribution is 6.04. The van der Waals surface area contributed by atoms with E-state index in [-0.39, 0.29) is 61.4 Å². The van der Waals surface area contributed by atoms with E-state index in [2.05, 4.69) is 18.7 Å². The zero-order chi connectivity index (χ0) is 26.6. The van der Waals surface area contributed by atoms with Crippen LogP contribution in [0.5, 0.6) is 0 Å². The summed E-state index contributed by atoms with van der Waals surface area (Å²) in [5.74, 6) is -1.59. The molecule has 8 rings (SSSR count). The Morgan fingerprint density at radius 3 is 2.50 bits per heavy atom. The van der Waals surface area contributed by atoms with Crippen LogP contribution in [0.15, 0.2) is 0 Å². The van der Waals surface area contributed by atoms with E-state index in [1.165, 1.54) is 0 Å². The summed E-state index contributed by atoms with van der Waals surface area (Å²) < 4.78 is 18.9. The van der Waals surface area contributed by atoms with Crippen LogP contribution >= 0.6 is 0 Å². The normalized spacial score (nSPS) is 58.9. The van der Waals surface area contributed by atoms with E-state index in [4.69, 9.17) is 14.2 Å². The topological polar surface area (TPSA) is 99.2 Å². The predicted octanol–water partition coefficient (Wildman–Crippen LogP) is 2.70. The molecule has 0 radical (unpaired) electrons. The minimum Gasteiger partial charge on any atom is -0.465 e. The van der Waals surface area contributed by atoms with Crippen LogP contribution in [0.1, 0.15) is 72.6 Å². The maximum absolute atomic E-state index is 15.4. The number of nitrogens with zero attached hydrogens (tertiary/aromatic N) is 1. The van der Waals surface area contributed by atoms with Crippen LogP contribution in [0.25, 0.3) is 0 Å². The summed E-state index contributed by atoms with van der Waals surface area (Å²) in [5, 5.41) is 0. The van der Waals surface area contributed by atoms with Gasteiger partial charge in [0, 0.05) is 41.5 Å². The molecule has 3 saturated carbocycles. The van der Waals surface area contributed by atoms with Crippen molar-refractivity contribution < 1.29 is 33.4 Å². The lowest BCUT2D eigenvalue weighted by Crippen LogP contribution is -2.82. The number of Topliss-reactive ketones (excluding diaryl/α,β-unsaturated/α-hetero) is 3.